The molecule has 0 unspecified atom stereocenters. The highest BCUT2D eigenvalue weighted by Gasteiger charge is 2.19. The zero-order chi connectivity index (χ0) is 26.8. The lowest BCUT2D eigenvalue weighted by atomic mass is 10.1. The molecule has 0 radical (unpaired) electrons. The summed E-state index contributed by atoms with van der Waals surface area (Å²) in [4.78, 5) is 16.3. The van der Waals surface area contributed by atoms with Gasteiger partial charge in [0.15, 0.2) is 4.96 Å². The van der Waals surface area contributed by atoms with Gasteiger partial charge in [-0.3, -0.25) is 14.5 Å². The summed E-state index contributed by atoms with van der Waals surface area (Å²) in [6.07, 6.45) is 1.82. The van der Waals surface area contributed by atoms with E-state index in [4.69, 9.17) is 14.5 Å². The maximum Gasteiger partial charge on any atom is 0.269 e. The molecular formula is C28H24N6O4S. The summed E-state index contributed by atoms with van der Waals surface area (Å²) in [6.45, 7) is 3.65. The van der Waals surface area contributed by atoms with E-state index < -0.39 is 4.92 Å². The third-order valence-corrected chi connectivity index (χ3v) is 7.24. The monoisotopic (exact) mass is 540 g/mol. The molecule has 0 fully saturated rings. The van der Waals surface area contributed by atoms with Crippen molar-refractivity contribution in [1.29, 1.82) is 0 Å². The Morgan fingerprint density at radius 1 is 1.03 bits per heavy atom. The molecule has 0 aliphatic rings. The van der Waals surface area contributed by atoms with Gasteiger partial charge in [0.05, 0.1) is 59.1 Å². The normalized spacial score (nSPS) is 11.4. The van der Waals surface area contributed by atoms with Gasteiger partial charge >= 0.3 is 0 Å². The van der Waals surface area contributed by atoms with Crippen LogP contribution in [0.2, 0.25) is 0 Å². The predicted octanol–water partition coefficient (Wildman–Crippen LogP) is 5.88. The zero-order valence-corrected chi connectivity index (χ0v) is 21.9. The molecule has 6 rings (SSSR count). The summed E-state index contributed by atoms with van der Waals surface area (Å²) in [5.74, 6) is 0.840. The van der Waals surface area contributed by atoms with E-state index in [1.165, 1.54) is 12.1 Å². The van der Waals surface area contributed by atoms with Crippen molar-refractivity contribution in [2.45, 2.75) is 26.7 Å². The highest BCUT2D eigenvalue weighted by atomic mass is 32.1. The number of imidazole rings is 1. The van der Waals surface area contributed by atoms with Gasteiger partial charge in [0.1, 0.15) is 11.4 Å². The molecule has 10 nitrogen and oxygen atoms in total. The molecule has 11 heteroatoms. The number of nitrogens with zero attached hydrogens (tertiary/aromatic N) is 6. The molecule has 3 aromatic heterocycles. The Labute approximate surface area is 227 Å². The zero-order valence-electron chi connectivity index (χ0n) is 21.1. The van der Waals surface area contributed by atoms with E-state index in [9.17, 15) is 10.1 Å². The smallest absolute Gasteiger partial charge is 0.269 e. The molecule has 0 atom stereocenters. The first-order valence-corrected chi connectivity index (χ1v) is 13.2. The molecule has 3 aromatic carbocycles. The van der Waals surface area contributed by atoms with Gasteiger partial charge in [0.2, 0.25) is 0 Å². The van der Waals surface area contributed by atoms with Crippen molar-refractivity contribution in [3.8, 4) is 17.0 Å². The van der Waals surface area contributed by atoms with Crippen molar-refractivity contribution in [3.63, 3.8) is 0 Å². The SMILES string of the molecule is CCOc1ccc2c(c1)sc1nc(-c3ccccc3)c(COCc3cn(Cc4ccc([N+](=O)[O-])cc4)nn3)n12. The summed E-state index contributed by atoms with van der Waals surface area (Å²) in [5.41, 5.74) is 5.58. The summed E-state index contributed by atoms with van der Waals surface area (Å²) >= 11 is 1.62. The highest BCUT2D eigenvalue weighted by molar-refractivity contribution is 7.23. The van der Waals surface area contributed by atoms with Crippen molar-refractivity contribution in [2.75, 3.05) is 6.61 Å². The Morgan fingerprint density at radius 3 is 2.62 bits per heavy atom. The van der Waals surface area contributed by atoms with Crippen LogP contribution in [-0.2, 0) is 24.5 Å². The average Bonchev–Trinajstić information content (AvgIpc) is 3.64. The van der Waals surface area contributed by atoms with E-state index in [-0.39, 0.29) is 12.3 Å². The molecule has 0 N–H and O–H groups in total. The topological polar surface area (TPSA) is 110 Å². The van der Waals surface area contributed by atoms with E-state index in [1.807, 2.05) is 43.5 Å². The molecule has 0 saturated carbocycles. The van der Waals surface area contributed by atoms with Crippen LogP contribution in [0, 0.1) is 10.1 Å². The minimum absolute atomic E-state index is 0.0587. The van der Waals surface area contributed by atoms with Crippen molar-refractivity contribution in [3.05, 3.63) is 106 Å². The number of hydrogen-bond donors (Lipinski definition) is 0. The van der Waals surface area contributed by atoms with Crippen LogP contribution in [-0.4, -0.2) is 35.9 Å². The number of aromatic nitrogens is 5. The summed E-state index contributed by atoms with van der Waals surface area (Å²) < 4.78 is 16.8. The molecule has 3 heterocycles. The second kappa shape index (κ2) is 10.6. The Hall–Kier alpha value is -4.61. The standard InChI is InChI=1S/C28H24N6O4S/c1-2-38-23-12-13-24-26(14-23)39-28-29-27(20-6-4-3-5-7-20)25(33(24)28)18-37-17-21-16-32(31-30-21)15-19-8-10-22(11-9-19)34(35)36/h3-14,16H,2,15,17-18H2,1H3. The van der Waals surface area contributed by atoms with Crippen LogP contribution in [0.3, 0.4) is 0 Å². The summed E-state index contributed by atoms with van der Waals surface area (Å²) in [5, 5.41) is 19.3. The van der Waals surface area contributed by atoms with Gasteiger partial charge < -0.3 is 9.47 Å². The van der Waals surface area contributed by atoms with Gasteiger partial charge in [0, 0.05) is 17.7 Å². The van der Waals surface area contributed by atoms with Crippen molar-refractivity contribution >= 4 is 32.2 Å². The molecular weight excluding hydrogens is 516 g/mol. The fourth-order valence-electron chi connectivity index (χ4n) is 4.47. The van der Waals surface area contributed by atoms with Gasteiger partial charge in [-0.05, 0) is 30.7 Å². The minimum Gasteiger partial charge on any atom is -0.494 e. The lowest BCUT2D eigenvalue weighted by Crippen LogP contribution is -2.01. The van der Waals surface area contributed by atoms with Crippen molar-refractivity contribution in [2.24, 2.45) is 0 Å². The fourth-order valence-corrected chi connectivity index (χ4v) is 5.54. The first kappa shape index (κ1) is 24.7. The van der Waals surface area contributed by atoms with Crippen molar-refractivity contribution in [1.82, 2.24) is 24.4 Å². The van der Waals surface area contributed by atoms with Crippen LogP contribution in [0.4, 0.5) is 5.69 Å². The molecule has 0 aliphatic carbocycles. The number of non-ortho nitro benzene ring substituents is 1. The predicted molar refractivity (Wildman–Crippen MR) is 148 cm³/mol. The van der Waals surface area contributed by atoms with Crippen LogP contribution in [0.1, 0.15) is 23.9 Å². The number of nitro benzene ring substituents is 1. The maximum atomic E-state index is 10.9. The minimum atomic E-state index is -0.413. The number of nitro groups is 1. The second-order valence-corrected chi connectivity index (χ2v) is 9.89. The van der Waals surface area contributed by atoms with Gasteiger partial charge in [-0.2, -0.15) is 0 Å². The average molecular weight is 541 g/mol. The number of hydrogen-bond acceptors (Lipinski definition) is 8. The van der Waals surface area contributed by atoms with Gasteiger partial charge in [-0.25, -0.2) is 9.67 Å². The largest absolute Gasteiger partial charge is 0.494 e. The van der Waals surface area contributed by atoms with Gasteiger partial charge in [-0.1, -0.05) is 59.0 Å². The van der Waals surface area contributed by atoms with E-state index in [2.05, 4.69) is 32.9 Å². The highest BCUT2D eigenvalue weighted by Crippen LogP contribution is 2.35. The molecule has 39 heavy (non-hydrogen) atoms. The number of rotatable bonds is 10. The molecule has 0 spiro atoms. The van der Waals surface area contributed by atoms with E-state index in [0.29, 0.717) is 25.5 Å². The van der Waals surface area contributed by atoms with Crippen LogP contribution in [0.25, 0.3) is 26.4 Å². The fraction of sp³-hybridized carbons (Fsp3) is 0.179. The number of benzene rings is 3. The summed E-state index contributed by atoms with van der Waals surface area (Å²) in [6, 6.07) is 22.6. The third-order valence-electron chi connectivity index (χ3n) is 6.24. The Kier molecular flexibility index (Phi) is 6.74. The Morgan fingerprint density at radius 2 is 1.85 bits per heavy atom. The quantitative estimate of drug-likeness (QED) is 0.158. The van der Waals surface area contributed by atoms with Crippen LogP contribution < -0.4 is 4.74 Å². The lowest BCUT2D eigenvalue weighted by molar-refractivity contribution is -0.384. The Balaban J connectivity index is 1.22. The molecule has 196 valence electrons. The van der Waals surface area contributed by atoms with E-state index >= 15 is 0 Å². The molecule has 0 bridgehead atoms. The van der Waals surface area contributed by atoms with Crippen LogP contribution >= 0.6 is 11.3 Å². The summed E-state index contributed by atoms with van der Waals surface area (Å²) in [7, 11) is 0. The molecule has 0 saturated heterocycles. The van der Waals surface area contributed by atoms with Gasteiger partial charge in [-0.15, -0.1) is 5.10 Å². The first-order chi connectivity index (χ1) is 19.1. The number of thiazole rings is 1. The maximum absolute atomic E-state index is 10.9. The number of fused-ring (bicyclic) bond motifs is 3. The third kappa shape index (κ3) is 5.09. The first-order valence-electron chi connectivity index (χ1n) is 12.4. The van der Waals surface area contributed by atoms with Crippen LogP contribution in [0.15, 0.2) is 79.0 Å². The molecule has 6 aromatic rings. The van der Waals surface area contributed by atoms with Crippen LogP contribution in [0.5, 0.6) is 5.75 Å². The molecule has 0 amide bonds. The molecule has 0 aliphatic heterocycles. The van der Waals surface area contributed by atoms with Crippen molar-refractivity contribution < 1.29 is 14.4 Å². The number of ether oxygens (including phenoxy) is 2. The lowest BCUT2D eigenvalue weighted by Gasteiger charge is -2.07. The van der Waals surface area contributed by atoms with E-state index in [0.717, 1.165) is 43.4 Å². The second-order valence-electron chi connectivity index (χ2n) is 8.88. The Bertz CT molecular complexity index is 1760. The van der Waals surface area contributed by atoms with E-state index in [1.54, 1.807) is 28.2 Å². The van der Waals surface area contributed by atoms with Gasteiger partial charge in [0.25, 0.3) is 5.69 Å².